The van der Waals surface area contributed by atoms with Gasteiger partial charge in [-0.3, -0.25) is 9.69 Å². The zero-order valence-electron chi connectivity index (χ0n) is 16.2. The lowest BCUT2D eigenvalue weighted by atomic mass is 10.2. The van der Waals surface area contributed by atoms with E-state index in [4.69, 9.17) is 0 Å². The van der Waals surface area contributed by atoms with Crippen molar-refractivity contribution in [3.05, 3.63) is 59.1 Å². The Morgan fingerprint density at radius 3 is 2.71 bits per heavy atom. The first-order valence-electron chi connectivity index (χ1n) is 9.82. The Balaban J connectivity index is 1.19. The van der Waals surface area contributed by atoms with Crippen molar-refractivity contribution in [1.82, 2.24) is 15.2 Å². The molecule has 1 saturated heterocycles. The van der Waals surface area contributed by atoms with Crippen molar-refractivity contribution in [3.8, 4) is 0 Å². The van der Waals surface area contributed by atoms with E-state index in [9.17, 15) is 4.79 Å². The minimum absolute atomic E-state index is 0.102. The molecule has 1 N–H and O–H groups in total. The van der Waals surface area contributed by atoms with Crippen LogP contribution in [0.4, 0.5) is 5.69 Å². The molecule has 0 radical (unpaired) electrons. The molecule has 0 unspecified atom stereocenters. The fourth-order valence-corrected chi connectivity index (χ4v) is 4.55. The minimum Gasteiger partial charge on any atom is -0.369 e. The van der Waals surface area contributed by atoms with Gasteiger partial charge in [-0.15, -0.1) is 11.3 Å². The average Bonchev–Trinajstić information content (AvgIpc) is 3.11. The molecule has 1 amide bonds. The van der Waals surface area contributed by atoms with Crippen molar-refractivity contribution in [1.29, 1.82) is 0 Å². The van der Waals surface area contributed by atoms with Crippen molar-refractivity contribution in [2.45, 2.75) is 13.3 Å². The van der Waals surface area contributed by atoms with Crippen LogP contribution < -0.4 is 10.2 Å². The molecule has 0 bridgehead atoms. The summed E-state index contributed by atoms with van der Waals surface area (Å²) in [6.45, 7) is 6.99. The summed E-state index contributed by atoms with van der Waals surface area (Å²) in [5.74, 6) is 0.102. The highest BCUT2D eigenvalue weighted by Gasteiger charge is 2.19. The summed E-state index contributed by atoms with van der Waals surface area (Å²) in [4.78, 5) is 21.5. The number of piperazine rings is 1. The van der Waals surface area contributed by atoms with E-state index in [1.807, 2.05) is 18.2 Å². The number of rotatable bonds is 6. The summed E-state index contributed by atoms with van der Waals surface area (Å²) in [5, 5.41) is 4.12. The first-order chi connectivity index (χ1) is 13.7. The lowest BCUT2D eigenvalue weighted by molar-refractivity contribution is -0.122. The number of hydrogen-bond donors (Lipinski definition) is 1. The molecule has 28 heavy (non-hydrogen) atoms. The molecule has 0 atom stereocenters. The molecule has 6 heteroatoms. The van der Waals surface area contributed by atoms with Gasteiger partial charge in [-0.2, -0.15) is 0 Å². The summed E-state index contributed by atoms with van der Waals surface area (Å²) in [5.41, 5.74) is 3.60. The monoisotopic (exact) mass is 394 g/mol. The third-order valence-corrected chi connectivity index (χ3v) is 6.20. The lowest BCUT2D eigenvalue weighted by Crippen LogP contribution is -2.49. The molecule has 1 aliphatic rings. The first kappa shape index (κ1) is 18.9. The van der Waals surface area contributed by atoms with Crippen molar-refractivity contribution in [2.24, 2.45) is 0 Å². The van der Waals surface area contributed by atoms with Crippen molar-refractivity contribution in [2.75, 3.05) is 44.2 Å². The predicted molar refractivity (Wildman–Crippen MR) is 116 cm³/mol. The standard InChI is InChI=1S/C22H26N4OS/c1-17-5-4-6-18(15-17)26-13-11-25(12-14-26)16-21(27)23-10-9-22-24-19-7-2-3-8-20(19)28-22/h2-8,15H,9-14,16H2,1H3,(H,23,27). The van der Waals surface area contributed by atoms with E-state index in [1.165, 1.54) is 16.0 Å². The molecule has 146 valence electrons. The normalized spacial score (nSPS) is 15.1. The molecular formula is C22H26N4OS. The Morgan fingerprint density at radius 2 is 1.93 bits per heavy atom. The number of carbonyl (C=O) groups is 1. The second-order valence-corrected chi connectivity index (χ2v) is 8.39. The van der Waals surface area contributed by atoms with Crippen LogP contribution in [-0.2, 0) is 11.2 Å². The van der Waals surface area contributed by atoms with Gasteiger partial charge in [0.1, 0.15) is 0 Å². The summed E-state index contributed by atoms with van der Waals surface area (Å²) >= 11 is 1.71. The van der Waals surface area contributed by atoms with E-state index in [-0.39, 0.29) is 5.91 Å². The molecule has 4 rings (SSSR count). The number of nitrogens with one attached hydrogen (secondary N) is 1. The number of benzene rings is 2. The van der Waals surface area contributed by atoms with Gasteiger partial charge in [0, 0.05) is 44.8 Å². The molecule has 0 spiro atoms. The van der Waals surface area contributed by atoms with E-state index in [0.29, 0.717) is 13.1 Å². The number of nitrogens with zero attached hydrogens (tertiary/aromatic N) is 3. The number of amides is 1. The van der Waals surface area contributed by atoms with Crippen LogP contribution in [0.2, 0.25) is 0 Å². The molecule has 5 nitrogen and oxygen atoms in total. The van der Waals surface area contributed by atoms with Crippen LogP contribution in [0.15, 0.2) is 48.5 Å². The van der Waals surface area contributed by atoms with Crippen LogP contribution in [0.3, 0.4) is 0 Å². The van der Waals surface area contributed by atoms with E-state index < -0.39 is 0 Å². The van der Waals surface area contributed by atoms with Crippen LogP contribution in [-0.4, -0.2) is 55.1 Å². The van der Waals surface area contributed by atoms with Crippen molar-refractivity contribution in [3.63, 3.8) is 0 Å². The van der Waals surface area contributed by atoms with Gasteiger partial charge < -0.3 is 10.2 Å². The highest BCUT2D eigenvalue weighted by Crippen LogP contribution is 2.21. The van der Waals surface area contributed by atoms with Crippen LogP contribution in [0.1, 0.15) is 10.6 Å². The number of aryl methyl sites for hydroxylation is 1. The number of aromatic nitrogens is 1. The number of para-hydroxylation sites is 1. The maximum atomic E-state index is 12.3. The third kappa shape index (κ3) is 4.69. The average molecular weight is 395 g/mol. The summed E-state index contributed by atoms with van der Waals surface area (Å²) in [6, 6.07) is 16.8. The number of carbonyl (C=O) groups excluding carboxylic acids is 1. The fourth-order valence-electron chi connectivity index (χ4n) is 3.58. The third-order valence-electron chi connectivity index (χ3n) is 5.11. The van der Waals surface area contributed by atoms with Crippen molar-refractivity contribution < 1.29 is 4.79 Å². The summed E-state index contributed by atoms with van der Waals surface area (Å²) < 4.78 is 1.20. The van der Waals surface area contributed by atoms with Crippen LogP contribution in [0.5, 0.6) is 0 Å². The van der Waals surface area contributed by atoms with Gasteiger partial charge in [-0.25, -0.2) is 4.98 Å². The van der Waals surface area contributed by atoms with Gasteiger partial charge in [0.05, 0.1) is 21.8 Å². The predicted octanol–water partition coefficient (Wildman–Crippen LogP) is 3.09. The molecular weight excluding hydrogens is 368 g/mol. The Labute approximate surface area is 170 Å². The molecule has 2 heterocycles. The zero-order valence-corrected chi connectivity index (χ0v) is 17.0. The number of anilines is 1. The molecule has 2 aromatic carbocycles. The molecule has 1 aromatic heterocycles. The number of thiazole rings is 1. The molecule has 3 aromatic rings. The largest absolute Gasteiger partial charge is 0.369 e. The molecule has 0 saturated carbocycles. The minimum atomic E-state index is 0.102. The Hall–Kier alpha value is -2.44. The lowest BCUT2D eigenvalue weighted by Gasteiger charge is -2.35. The fraction of sp³-hybridized carbons (Fsp3) is 0.364. The van der Waals surface area contributed by atoms with E-state index in [0.717, 1.165) is 43.1 Å². The zero-order chi connectivity index (χ0) is 19.3. The second-order valence-electron chi connectivity index (χ2n) is 7.28. The highest BCUT2D eigenvalue weighted by atomic mass is 32.1. The maximum absolute atomic E-state index is 12.3. The van der Waals surface area contributed by atoms with E-state index in [2.05, 4.69) is 57.4 Å². The Morgan fingerprint density at radius 1 is 1.11 bits per heavy atom. The van der Waals surface area contributed by atoms with E-state index in [1.54, 1.807) is 11.3 Å². The van der Waals surface area contributed by atoms with Gasteiger partial charge in [-0.1, -0.05) is 24.3 Å². The molecule has 1 aliphatic heterocycles. The Kier molecular flexibility index (Phi) is 5.88. The quantitative estimate of drug-likeness (QED) is 0.698. The second kappa shape index (κ2) is 8.71. The number of fused-ring (bicyclic) bond motifs is 1. The van der Waals surface area contributed by atoms with Crippen molar-refractivity contribution >= 4 is 33.1 Å². The molecule has 1 fully saturated rings. The van der Waals surface area contributed by atoms with E-state index >= 15 is 0 Å². The smallest absolute Gasteiger partial charge is 0.234 e. The SMILES string of the molecule is Cc1cccc(N2CCN(CC(=O)NCCc3nc4ccccc4s3)CC2)c1. The Bertz CT molecular complexity index is 913. The van der Waals surface area contributed by atoms with Crippen LogP contribution in [0.25, 0.3) is 10.2 Å². The topological polar surface area (TPSA) is 48.5 Å². The van der Waals surface area contributed by atoms with Crippen LogP contribution in [0, 0.1) is 6.92 Å². The van der Waals surface area contributed by atoms with Gasteiger partial charge in [0.15, 0.2) is 0 Å². The summed E-state index contributed by atoms with van der Waals surface area (Å²) in [6.07, 6.45) is 0.784. The van der Waals surface area contributed by atoms with Gasteiger partial charge in [-0.05, 0) is 36.8 Å². The first-order valence-corrected chi connectivity index (χ1v) is 10.6. The summed E-state index contributed by atoms with van der Waals surface area (Å²) in [7, 11) is 0. The molecule has 0 aliphatic carbocycles. The van der Waals surface area contributed by atoms with Crippen LogP contribution >= 0.6 is 11.3 Å². The van der Waals surface area contributed by atoms with Gasteiger partial charge in [0.2, 0.25) is 5.91 Å². The van der Waals surface area contributed by atoms with Gasteiger partial charge >= 0.3 is 0 Å². The number of hydrogen-bond acceptors (Lipinski definition) is 5. The highest BCUT2D eigenvalue weighted by molar-refractivity contribution is 7.18. The maximum Gasteiger partial charge on any atom is 0.234 e. The van der Waals surface area contributed by atoms with Gasteiger partial charge in [0.25, 0.3) is 0 Å².